The Morgan fingerprint density at radius 3 is 2.37 bits per heavy atom. The van der Waals surface area contributed by atoms with Gasteiger partial charge < -0.3 is 20.1 Å². The molecule has 0 atom stereocenters. The summed E-state index contributed by atoms with van der Waals surface area (Å²) in [4.78, 5) is 1.42. The van der Waals surface area contributed by atoms with Crippen LogP contribution in [0.1, 0.15) is 11.1 Å². The zero-order valence-electron chi connectivity index (χ0n) is 14.5. The lowest BCUT2D eigenvalue weighted by Gasteiger charge is -2.13. The quantitative estimate of drug-likeness (QED) is 0.521. The Morgan fingerprint density at radius 2 is 1.70 bits per heavy atom. The summed E-state index contributed by atoms with van der Waals surface area (Å²) in [6.07, 6.45) is 0. The molecule has 2 aliphatic rings. The third-order valence-electron chi connectivity index (χ3n) is 4.37. The zero-order valence-corrected chi connectivity index (χ0v) is 17.0. The van der Waals surface area contributed by atoms with Crippen LogP contribution in [0.25, 0.3) is 16.8 Å². The van der Waals surface area contributed by atoms with Crippen molar-refractivity contribution in [3.05, 3.63) is 52.4 Å². The van der Waals surface area contributed by atoms with Crippen LogP contribution in [-0.2, 0) is 0 Å². The fourth-order valence-corrected chi connectivity index (χ4v) is 4.73. The third-order valence-corrected chi connectivity index (χ3v) is 6.06. The Hall–Kier alpha value is -2.42. The van der Waals surface area contributed by atoms with Gasteiger partial charge in [-0.2, -0.15) is 0 Å². The number of rotatable bonds is 3. The van der Waals surface area contributed by atoms with E-state index in [9.17, 15) is 0 Å². The molecule has 0 radical (unpaired) electrons. The van der Waals surface area contributed by atoms with E-state index in [1.807, 2.05) is 36.4 Å². The minimum absolute atomic E-state index is 0.344. The number of amidine groups is 1. The van der Waals surface area contributed by atoms with Gasteiger partial charge in [-0.15, -0.1) is 0 Å². The highest BCUT2D eigenvalue weighted by Crippen LogP contribution is 2.42. The molecule has 3 N–H and O–H groups in total. The van der Waals surface area contributed by atoms with E-state index in [1.165, 1.54) is 11.8 Å². The van der Waals surface area contributed by atoms with Gasteiger partial charge in [0.2, 0.25) is 0 Å². The lowest BCUT2D eigenvalue weighted by atomic mass is 9.94. The van der Waals surface area contributed by atoms with Crippen molar-refractivity contribution >= 4 is 57.0 Å². The van der Waals surface area contributed by atoms with E-state index >= 15 is 0 Å². The second-order valence-corrected chi connectivity index (χ2v) is 7.94. The lowest BCUT2D eigenvalue weighted by molar-refractivity contribution is 0.355. The number of hydrogen-bond donors (Lipinski definition) is 3. The molecule has 0 unspecified atom stereocenters. The van der Waals surface area contributed by atoms with Crippen molar-refractivity contribution in [2.45, 2.75) is 0 Å². The van der Waals surface area contributed by atoms with Gasteiger partial charge in [-0.05, 0) is 23.3 Å². The molecular formula is C19H15N3O2S3. The average Bonchev–Trinajstić information content (AvgIpc) is 3.19. The predicted octanol–water partition coefficient (Wildman–Crippen LogP) is 3.92. The summed E-state index contributed by atoms with van der Waals surface area (Å²) in [7, 11) is 3.22. The highest BCUT2D eigenvalue weighted by Gasteiger charge is 2.32. The molecule has 2 aromatic carbocycles. The monoisotopic (exact) mass is 413 g/mol. The summed E-state index contributed by atoms with van der Waals surface area (Å²) in [6.45, 7) is 0. The average molecular weight is 414 g/mol. The van der Waals surface area contributed by atoms with Gasteiger partial charge in [-0.25, -0.2) is 0 Å². The summed E-state index contributed by atoms with van der Waals surface area (Å²) in [5.74, 6) is 1.66. The van der Waals surface area contributed by atoms with Gasteiger partial charge in [0.1, 0.15) is 15.1 Å². The molecule has 4 rings (SSSR count). The van der Waals surface area contributed by atoms with Crippen LogP contribution >= 0.6 is 36.2 Å². The lowest BCUT2D eigenvalue weighted by Crippen LogP contribution is -2.18. The first-order chi connectivity index (χ1) is 13.0. The Balaban J connectivity index is 1.94. The van der Waals surface area contributed by atoms with Crippen LogP contribution in [0.5, 0.6) is 11.5 Å². The largest absolute Gasteiger partial charge is 0.493 e. The van der Waals surface area contributed by atoms with Gasteiger partial charge in [-0.3, -0.25) is 5.41 Å². The van der Waals surface area contributed by atoms with Gasteiger partial charge in [0, 0.05) is 11.1 Å². The molecule has 136 valence electrons. The number of thiocarbonyl (C=S) groups is 2. The normalized spacial score (nSPS) is 18.2. The standard InChI is InChI=1S/C19H15N3O2S3/c1-23-12-7-6-9(8-13(12)24-2)10-4-3-5-11-14(10)15(21-17(11)20)16-18(25)22-19(26)27-16/h3-8H,1-2H3,(H2,20,21)(H,22,25,26). The number of methoxy groups -OCH3 is 2. The molecule has 0 saturated carbocycles. The Bertz CT molecular complexity index is 1050. The maximum absolute atomic E-state index is 8.35. The highest BCUT2D eigenvalue weighted by atomic mass is 32.2. The van der Waals surface area contributed by atoms with Crippen molar-refractivity contribution in [3.8, 4) is 22.6 Å². The van der Waals surface area contributed by atoms with E-state index in [0.717, 1.165) is 32.9 Å². The summed E-state index contributed by atoms with van der Waals surface area (Å²) >= 11 is 12.1. The molecule has 0 aliphatic carbocycles. The van der Waals surface area contributed by atoms with Gasteiger partial charge >= 0.3 is 0 Å². The molecular weight excluding hydrogens is 398 g/mol. The highest BCUT2D eigenvalue weighted by molar-refractivity contribution is 8.27. The van der Waals surface area contributed by atoms with E-state index in [4.69, 9.17) is 39.3 Å². The van der Waals surface area contributed by atoms with E-state index < -0.39 is 0 Å². The van der Waals surface area contributed by atoms with Crippen LogP contribution in [0.3, 0.4) is 0 Å². The van der Waals surface area contributed by atoms with Crippen molar-refractivity contribution < 1.29 is 9.47 Å². The number of ether oxygens (including phenoxy) is 2. The molecule has 1 saturated heterocycles. The summed E-state index contributed by atoms with van der Waals surface area (Å²) in [6, 6.07) is 11.7. The number of thioether (sulfide) groups is 1. The summed E-state index contributed by atoms with van der Waals surface area (Å²) < 4.78 is 11.4. The molecule has 0 amide bonds. The topological polar surface area (TPSA) is 66.4 Å². The van der Waals surface area contributed by atoms with Gasteiger partial charge in [0.05, 0.1) is 24.8 Å². The molecule has 2 aromatic rings. The summed E-state index contributed by atoms with van der Waals surface area (Å²) in [5, 5.41) is 14.5. The number of benzene rings is 2. The van der Waals surface area contributed by atoms with E-state index in [-0.39, 0.29) is 0 Å². The molecule has 0 bridgehead atoms. The predicted molar refractivity (Wildman–Crippen MR) is 118 cm³/mol. The van der Waals surface area contributed by atoms with Gasteiger partial charge in [0.25, 0.3) is 0 Å². The first-order valence-electron chi connectivity index (χ1n) is 8.02. The van der Waals surface area contributed by atoms with E-state index in [2.05, 4.69) is 10.6 Å². The van der Waals surface area contributed by atoms with Crippen LogP contribution in [-0.4, -0.2) is 29.4 Å². The van der Waals surface area contributed by atoms with E-state index in [0.29, 0.717) is 26.6 Å². The fraction of sp³-hybridized carbons (Fsp3) is 0.105. The minimum Gasteiger partial charge on any atom is -0.493 e. The third kappa shape index (κ3) is 2.99. The molecule has 0 aromatic heterocycles. The van der Waals surface area contributed by atoms with Crippen molar-refractivity contribution in [1.82, 2.24) is 10.6 Å². The minimum atomic E-state index is 0.344. The molecule has 8 heteroatoms. The van der Waals surface area contributed by atoms with Crippen LogP contribution in [0.4, 0.5) is 0 Å². The Morgan fingerprint density at radius 1 is 0.963 bits per heavy atom. The Kier molecular flexibility index (Phi) is 4.63. The number of fused-ring (bicyclic) bond motifs is 1. The van der Waals surface area contributed by atoms with Crippen molar-refractivity contribution in [2.75, 3.05) is 14.2 Å². The molecule has 5 nitrogen and oxygen atoms in total. The van der Waals surface area contributed by atoms with Gasteiger partial charge in [-0.1, -0.05) is 60.5 Å². The van der Waals surface area contributed by atoms with Gasteiger partial charge in [0.15, 0.2) is 11.5 Å². The van der Waals surface area contributed by atoms with Crippen molar-refractivity contribution in [1.29, 1.82) is 5.41 Å². The Labute approximate surface area is 171 Å². The van der Waals surface area contributed by atoms with Crippen LogP contribution in [0.2, 0.25) is 0 Å². The maximum Gasteiger partial charge on any atom is 0.161 e. The SMILES string of the molecule is COc1ccc(-c2cccc3c2C(=C2SC(=S)NC2=S)NC3=N)cc1OC. The second kappa shape index (κ2) is 6.95. The second-order valence-electron chi connectivity index (χ2n) is 5.85. The first-order valence-corrected chi connectivity index (χ1v) is 9.66. The molecule has 2 aliphatic heterocycles. The first kappa shape index (κ1) is 18.0. The zero-order chi connectivity index (χ0) is 19.1. The van der Waals surface area contributed by atoms with E-state index in [1.54, 1.807) is 14.2 Å². The number of nitrogens with one attached hydrogen (secondary N) is 3. The fourth-order valence-electron chi connectivity index (χ4n) is 3.18. The van der Waals surface area contributed by atoms with Crippen molar-refractivity contribution in [2.24, 2.45) is 0 Å². The molecule has 1 fully saturated rings. The maximum atomic E-state index is 8.35. The molecule has 2 heterocycles. The molecule has 0 spiro atoms. The molecule has 27 heavy (non-hydrogen) atoms. The summed E-state index contributed by atoms with van der Waals surface area (Å²) in [5.41, 5.74) is 4.51. The van der Waals surface area contributed by atoms with Crippen LogP contribution in [0.15, 0.2) is 41.3 Å². The van der Waals surface area contributed by atoms with Crippen molar-refractivity contribution in [3.63, 3.8) is 0 Å². The number of hydrogen-bond acceptors (Lipinski definition) is 6. The van der Waals surface area contributed by atoms with Crippen LogP contribution in [0, 0.1) is 5.41 Å². The smallest absolute Gasteiger partial charge is 0.161 e. The van der Waals surface area contributed by atoms with Crippen LogP contribution < -0.4 is 20.1 Å².